The Labute approximate surface area is 109 Å². The third-order valence-electron chi connectivity index (χ3n) is 2.36. The Bertz CT molecular complexity index is 514. The van der Waals surface area contributed by atoms with Crippen molar-refractivity contribution >= 4 is 25.8 Å². The monoisotopic (exact) mass is 323 g/mol. The molecule has 0 spiro atoms. The van der Waals surface area contributed by atoms with E-state index in [-0.39, 0.29) is 17.2 Å². The average Bonchev–Trinajstić information content (AvgIpc) is 2.20. The summed E-state index contributed by atoms with van der Waals surface area (Å²) < 4.78 is 38.2. The molecule has 0 heterocycles. The zero-order valence-electron chi connectivity index (χ0n) is 9.70. The van der Waals surface area contributed by atoms with Gasteiger partial charge in [0.25, 0.3) is 0 Å². The maximum absolute atomic E-state index is 13.5. The van der Waals surface area contributed by atoms with Crippen molar-refractivity contribution in [1.29, 1.82) is 0 Å². The molecule has 1 aromatic carbocycles. The molecule has 0 fully saturated rings. The smallest absolute Gasteiger partial charge is 0.181 e. The standard InChI is InChI=1S/C11H15BrFNO2S/c1-11(2,6-14)7-17(15,16)10-5-8(12)3-4-9(10)13/h3-5H,6-7,14H2,1-2H3. The number of rotatable bonds is 4. The molecular formula is C11H15BrFNO2S. The van der Waals surface area contributed by atoms with Gasteiger partial charge in [0.2, 0.25) is 0 Å². The van der Waals surface area contributed by atoms with Gasteiger partial charge in [-0.1, -0.05) is 29.8 Å². The molecule has 6 heteroatoms. The zero-order valence-corrected chi connectivity index (χ0v) is 12.1. The van der Waals surface area contributed by atoms with Crippen molar-refractivity contribution in [2.75, 3.05) is 12.3 Å². The summed E-state index contributed by atoms with van der Waals surface area (Å²) in [5.41, 5.74) is 4.92. The van der Waals surface area contributed by atoms with Crippen LogP contribution in [0, 0.1) is 11.2 Å². The molecule has 2 N–H and O–H groups in total. The van der Waals surface area contributed by atoms with E-state index in [0.717, 1.165) is 6.07 Å². The van der Waals surface area contributed by atoms with E-state index in [1.54, 1.807) is 13.8 Å². The van der Waals surface area contributed by atoms with Crippen LogP contribution in [0.1, 0.15) is 13.8 Å². The van der Waals surface area contributed by atoms with Gasteiger partial charge in [0.15, 0.2) is 9.84 Å². The van der Waals surface area contributed by atoms with Gasteiger partial charge in [0, 0.05) is 4.47 Å². The van der Waals surface area contributed by atoms with Crippen LogP contribution in [0.5, 0.6) is 0 Å². The molecule has 0 saturated heterocycles. The van der Waals surface area contributed by atoms with Crippen LogP contribution in [0.15, 0.2) is 27.6 Å². The van der Waals surface area contributed by atoms with Gasteiger partial charge in [0.05, 0.1) is 5.75 Å². The summed E-state index contributed by atoms with van der Waals surface area (Å²) in [6.45, 7) is 3.70. The Morgan fingerprint density at radius 2 is 2.00 bits per heavy atom. The van der Waals surface area contributed by atoms with Gasteiger partial charge in [-0.3, -0.25) is 0 Å². The average molecular weight is 324 g/mol. The Hall–Kier alpha value is -0.460. The van der Waals surface area contributed by atoms with E-state index >= 15 is 0 Å². The van der Waals surface area contributed by atoms with Crippen LogP contribution in [-0.2, 0) is 9.84 Å². The van der Waals surface area contributed by atoms with E-state index in [2.05, 4.69) is 15.9 Å². The maximum Gasteiger partial charge on any atom is 0.181 e. The maximum atomic E-state index is 13.5. The minimum absolute atomic E-state index is 0.177. The number of hydrogen-bond donors (Lipinski definition) is 1. The highest BCUT2D eigenvalue weighted by atomic mass is 79.9. The highest BCUT2D eigenvalue weighted by Gasteiger charge is 2.28. The Balaban J connectivity index is 3.18. The molecule has 1 rings (SSSR count). The van der Waals surface area contributed by atoms with Gasteiger partial charge in [-0.2, -0.15) is 0 Å². The number of hydrogen-bond acceptors (Lipinski definition) is 3. The quantitative estimate of drug-likeness (QED) is 0.925. The molecule has 17 heavy (non-hydrogen) atoms. The van der Waals surface area contributed by atoms with Gasteiger partial charge in [-0.25, -0.2) is 12.8 Å². The van der Waals surface area contributed by atoms with Crippen molar-refractivity contribution in [1.82, 2.24) is 0 Å². The van der Waals surface area contributed by atoms with E-state index in [0.29, 0.717) is 4.47 Å². The van der Waals surface area contributed by atoms with E-state index in [4.69, 9.17) is 5.73 Å². The Morgan fingerprint density at radius 3 is 2.53 bits per heavy atom. The summed E-state index contributed by atoms with van der Waals surface area (Å²) in [6.07, 6.45) is 0. The predicted molar refractivity (Wildman–Crippen MR) is 69.0 cm³/mol. The number of nitrogens with two attached hydrogens (primary N) is 1. The zero-order chi connectivity index (χ0) is 13.3. The molecule has 0 aliphatic rings. The summed E-state index contributed by atoms with van der Waals surface area (Å²) in [6, 6.07) is 3.87. The molecule has 0 saturated carbocycles. The van der Waals surface area contributed by atoms with Crippen molar-refractivity contribution in [2.24, 2.45) is 11.1 Å². The third kappa shape index (κ3) is 3.76. The second-order valence-corrected chi connectivity index (χ2v) is 7.58. The van der Waals surface area contributed by atoms with Crippen molar-refractivity contribution in [2.45, 2.75) is 18.7 Å². The fraction of sp³-hybridized carbons (Fsp3) is 0.455. The first-order chi connectivity index (χ1) is 7.68. The van der Waals surface area contributed by atoms with Crippen LogP contribution in [0.4, 0.5) is 4.39 Å². The van der Waals surface area contributed by atoms with E-state index in [1.807, 2.05) is 0 Å². The van der Waals surface area contributed by atoms with Crippen molar-refractivity contribution in [3.63, 3.8) is 0 Å². The van der Waals surface area contributed by atoms with Crippen molar-refractivity contribution in [3.8, 4) is 0 Å². The second kappa shape index (κ2) is 5.04. The van der Waals surface area contributed by atoms with Crippen LogP contribution in [0.3, 0.4) is 0 Å². The number of benzene rings is 1. The highest BCUT2D eigenvalue weighted by Crippen LogP contribution is 2.25. The second-order valence-electron chi connectivity index (χ2n) is 4.70. The first-order valence-corrected chi connectivity index (χ1v) is 7.50. The van der Waals surface area contributed by atoms with Gasteiger partial charge in [-0.15, -0.1) is 0 Å². The molecule has 0 atom stereocenters. The van der Waals surface area contributed by atoms with Gasteiger partial charge >= 0.3 is 0 Å². The summed E-state index contributed by atoms with van der Waals surface area (Å²) in [7, 11) is -3.67. The molecule has 0 aromatic heterocycles. The predicted octanol–water partition coefficient (Wildman–Crippen LogP) is 2.35. The van der Waals surface area contributed by atoms with Crippen molar-refractivity contribution in [3.05, 3.63) is 28.5 Å². The fourth-order valence-electron chi connectivity index (χ4n) is 1.37. The van der Waals surface area contributed by atoms with Crippen LogP contribution in [0.25, 0.3) is 0 Å². The molecular weight excluding hydrogens is 309 g/mol. The SMILES string of the molecule is CC(C)(CN)CS(=O)(=O)c1cc(Br)ccc1F. The Kier molecular flexibility index (Phi) is 4.33. The van der Waals surface area contributed by atoms with Gasteiger partial charge in [0.1, 0.15) is 10.7 Å². The first-order valence-electron chi connectivity index (χ1n) is 5.06. The van der Waals surface area contributed by atoms with E-state index in [1.165, 1.54) is 12.1 Å². The molecule has 0 bridgehead atoms. The summed E-state index contributed by atoms with van der Waals surface area (Å²) >= 11 is 3.13. The number of sulfone groups is 1. The summed E-state index contributed by atoms with van der Waals surface area (Å²) in [4.78, 5) is -0.284. The topological polar surface area (TPSA) is 60.2 Å². The largest absolute Gasteiger partial charge is 0.330 e. The lowest BCUT2D eigenvalue weighted by Gasteiger charge is -2.22. The Morgan fingerprint density at radius 1 is 1.41 bits per heavy atom. The molecule has 0 amide bonds. The molecule has 0 aliphatic heterocycles. The van der Waals surface area contributed by atoms with Crippen LogP contribution in [-0.4, -0.2) is 20.7 Å². The van der Waals surface area contributed by atoms with Gasteiger partial charge < -0.3 is 5.73 Å². The van der Waals surface area contributed by atoms with Crippen LogP contribution < -0.4 is 5.73 Å². The molecule has 1 aromatic rings. The molecule has 0 radical (unpaired) electrons. The van der Waals surface area contributed by atoms with Gasteiger partial charge in [-0.05, 0) is 30.2 Å². The first kappa shape index (κ1) is 14.6. The normalized spacial score (nSPS) is 12.8. The number of halogens is 2. The van der Waals surface area contributed by atoms with E-state index in [9.17, 15) is 12.8 Å². The summed E-state index contributed by atoms with van der Waals surface area (Å²) in [5, 5.41) is 0. The minimum atomic E-state index is -3.67. The molecule has 0 unspecified atom stereocenters. The molecule has 96 valence electrons. The van der Waals surface area contributed by atoms with E-state index < -0.39 is 21.1 Å². The van der Waals surface area contributed by atoms with Crippen molar-refractivity contribution < 1.29 is 12.8 Å². The lowest BCUT2D eigenvalue weighted by atomic mass is 9.97. The minimum Gasteiger partial charge on any atom is -0.330 e. The third-order valence-corrected chi connectivity index (χ3v) is 5.00. The lowest BCUT2D eigenvalue weighted by molar-refractivity contribution is 0.424. The molecule has 3 nitrogen and oxygen atoms in total. The molecule has 0 aliphatic carbocycles. The highest BCUT2D eigenvalue weighted by molar-refractivity contribution is 9.10. The van der Waals surface area contributed by atoms with Crippen LogP contribution in [0.2, 0.25) is 0 Å². The fourth-order valence-corrected chi connectivity index (χ4v) is 3.85. The lowest BCUT2D eigenvalue weighted by Crippen LogP contribution is -2.32. The summed E-state index contributed by atoms with van der Waals surface area (Å²) in [5.74, 6) is -0.912. The van der Waals surface area contributed by atoms with Crippen LogP contribution >= 0.6 is 15.9 Å².